The molecule has 12 heavy (non-hydrogen) atoms. The molecule has 1 aromatic rings. The molecule has 0 bridgehead atoms. The van der Waals surface area contributed by atoms with Gasteiger partial charge in [0, 0.05) is 17.3 Å². The van der Waals surface area contributed by atoms with Crippen LogP contribution >= 0.6 is 11.6 Å². The van der Waals surface area contributed by atoms with E-state index in [2.05, 4.69) is 5.32 Å². The minimum absolute atomic E-state index is 0.723. The van der Waals surface area contributed by atoms with Crippen LogP contribution in [-0.2, 0) is 0 Å². The van der Waals surface area contributed by atoms with E-state index in [1.165, 1.54) is 0 Å². The lowest BCUT2D eigenvalue weighted by molar-refractivity contribution is 0.874. The van der Waals surface area contributed by atoms with Crippen LogP contribution in [-0.4, -0.2) is 13.1 Å². The van der Waals surface area contributed by atoms with Crippen LogP contribution < -0.4 is 11.1 Å². The second-order valence-electron chi connectivity index (χ2n) is 2.58. The van der Waals surface area contributed by atoms with Crippen molar-refractivity contribution < 1.29 is 0 Å². The van der Waals surface area contributed by atoms with E-state index < -0.39 is 0 Å². The zero-order valence-electron chi connectivity index (χ0n) is 6.89. The van der Waals surface area contributed by atoms with Crippen LogP contribution in [0.5, 0.6) is 0 Å². The summed E-state index contributed by atoms with van der Waals surface area (Å²) in [5.74, 6) is 0. The molecule has 2 nitrogen and oxygen atoms in total. The van der Waals surface area contributed by atoms with Gasteiger partial charge in [-0.1, -0.05) is 11.6 Å². The molecule has 0 saturated heterocycles. The molecule has 0 aliphatic rings. The minimum Gasteiger partial charge on any atom is -0.385 e. The summed E-state index contributed by atoms with van der Waals surface area (Å²) in [6.45, 7) is 1.64. The van der Waals surface area contributed by atoms with E-state index in [0.29, 0.717) is 0 Å². The Morgan fingerprint density at radius 2 is 1.92 bits per heavy atom. The highest BCUT2D eigenvalue weighted by Crippen LogP contribution is 2.12. The molecule has 3 N–H and O–H groups in total. The van der Waals surface area contributed by atoms with E-state index in [0.717, 1.165) is 30.2 Å². The number of nitrogens with one attached hydrogen (secondary N) is 1. The summed E-state index contributed by atoms with van der Waals surface area (Å²) in [4.78, 5) is 0. The lowest BCUT2D eigenvalue weighted by Gasteiger charge is -2.04. The quantitative estimate of drug-likeness (QED) is 0.704. The van der Waals surface area contributed by atoms with Gasteiger partial charge in [0.05, 0.1) is 0 Å². The lowest BCUT2D eigenvalue weighted by atomic mass is 10.3. The van der Waals surface area contributed by atoms with Gasteiger partial charge in [0.1, 0.15) is 0 Å². The third-order valence-corrected chi connectivity index (χ3v) is 1.81. The molecule has 0 heterocycles. The van der Waals surface area contributed by atoms with Gasteiger partial charge in [-0.05, 0) is 37.2 Å². The molecular formula is C9H13ClN2. The Bertz CT molecular complexity index is 220. The van der Waals surface area contributed by atoms with E-state index in [1.807, 2.05) is 24.3 Å². The largest absolute Gasteiger partial charge is 0.385 e. The molecule has 1 rings (SSSR count). The van der Waals surface area contributed by atoms with Crippen molar-refractivity contribution in [1.29, 1.82) is 0 Å². The monoisotopic (exact) mass is 184 g/mol. The van der Waals surface area contributed by atoms with Crippen molar-refractivity contribution in [2.24, 2.45) is 5.73 Å². The first-order chi connectivity index (χ1) is 5.83. The SMILES string of the molecule is NCCCNc1ccc(Cl)cc1. The van der Waals surface area contributed by atoms with Gasteiger partial charge in [0.25, 0.3) is 0 Å². The van der Waals surface area contributed by atoms with Crippen molar-refractivity contribution in [3.63, 3.8) is 0 Å². The van der Waals surface area contributed by atoms with Crippen molar-refractivity contribution in [2.75, 3.05) is 18.4 Å². The smallest absolute Gasteiger partial charge is 0.0407 e. The Balaban J connectivity index is 2.37. The maximum absolute atomic E-state index is 5.73. The Kier molecular flexibility index (Phi) is 3.91. The molecule has 0 unspecified atom stereocenters. The highest BCUT2D eigenvalue weighted by atomic mass is 35.5. The van der Waals surface area contributed by atoms with Gasteiger partial charge < -0.3 is 11.1 Å². The van der Waals surface area contributed by atoms with E-state index in [4.69, 9.17) is 17.3 Å². The van der Waals surface area contributed by atoms with Gasteiger partial charge in [-0.15, -0.1) is 0 Å². The zero-order chi connectivity index (χ0) is 8.81. The number of anilines is 1. The normalized spacial score (nSPS) is 9.83. The Morgan fingerprint density at radius 1 is 1.25 bits per heavy atom. The molecule has 3 heteroatoms. The summed E-state index contributed by atoms with van der Waals surface area (Å²) in [5, 5.41) is 4.00. The molecule has 0 spiro atoms. The van der Waals surface area contributed by atoms with Gasteiger partial charge in [-0.2, -0.15) is 0 Å². The fourth-order valence-corrected chi connectivity index (χ4v) is 1.03. The fourth-order valence-electron chi connectivity index (χ4n) is 0.903. The number of benzene rings is 1. The third kappa shape index (κ3) is 3.11. The Morgan fingerprint density at radius 3 is 2.50 bits per heavy atom. The van der Waals surface area contributed by atoms with Crippen LogP contribution in [0.25, 0.3) is 0 Å². The molecule has 0 aliphatic heterocycles. The number of hydrogen-bond acceptors (Lipinski definition) is 2. The van der Waals surface area contributed by atoms with Gasteiger partial charge in [-0.25, -0.2) is 0 Å². The summed E-state index contributed by atoms with van der Waals surface area (Å²) in [5.41, 5.74) is 6.45. The lowest BCUT2D eigenvalue weighted by Crippen LogP contribution is -2.08. The molecule has 0 radical (unpaired) electrons. The summed E-state index contributed by atoms with van der Waals surface area (Å²) < 4.78 is 0. The zero-order valence-corrected chi connectivity index (χ0v) is 7.64. The minimum atomic E-state index is 0.723. The van der Waals surface area contributed by atoms with Gasteiger partial charge in [0.15, 0.2) is 0 Å². The molecule has 0 fully saturated rings. The average molecular weight is 185 g/mol. The van der Waals surface area contributed by atoms with E-state index >= 15 is 0 Å². The van der Waals surface area contributed by atoms with Crippen molar-refractivity contribution in [2.45, 2.75) is 6.42 Å². The predicted molar refractivity (Wildman–Crippen MR) is 53.6 cm³/mol. The summed E-state index contributed by atoms with van der Waals surface area (Å²) >= 11 is 5.73. The molecule has 0 aliphatic carbocycles. The van der Waals surface area contributed by atoms with E-state index in [1.54, 1.807) is 0 Å². The molecule has 66 valence electrons. The standard InChI is InChI=1S/C9H13ClN2/c10-8-2-4-9(5-3-8)12-7-1-6-11/h2-5,12H,1,6-7,11H2. The number of hydrogen-bond donors (Lipinski definition) is 2. The van der Waals surface area contributed by atoms with Crippen molar-refractivity contribution in [3.05, 3.63) is 29.3 Å². The average Bonchev–Trinajstić information content (AvgIpc) is 2.09. The van der Waals surface area contributed by atoms with Crippen LogP contribution in [0.2, 0.25) is 5.02 Å². The van der Waals surface area contributed by atoms with Crippen molar-refractivity contribution in [3.8, 4) is 0 Å². The van der Waals surface area contributed by atoms with Gasteiger partial charge in [-0.3, -0.25) is 0 Å². The second kappa shape index (κ2) is 5.01. The predicted octanol–water partition coefficient (Wildman–Crippen LogP) is 2.10. The van der Waals surface area contributed by atoms with E-state index in [9.17, 15) is 0 Å². The molecular weight excluding hydrogens is 172 g/mol. The number of halogens is 1. The third-order valence-electron chi connectivity index (χ3n) is 1.55. The van der Waals surface area contributed by atoms with Gasteiger partial charge >= 0.3 is 0 Å². The van der Waals surface area contributed by atoms with Gasteiger partial charge in [0.2, 0.25) is 0 Å². The first kappa shape index (κ1) is 9.36. The molecule has 0 amide bonds. The summed E-state index contributed by atoms with van der Waals surface area (Å²) in [7, 11) is 0. The van der Waals surface area contributed by atoms with Crippen LogP contribution in [0.3, 0.4) is 0 Å². The second-order valence-corrected chi connectivity index (χ2v) is 3.01. The summed E-state index contributed by atoms with van der Waals surface area (Å²) in [6.07, 6.45) is 0.989. The fraction of sp³-hybridized carbons (Fsp3) is 0.333. The molecule has 1 aromatic carbocycles. The maximum atomic E-state index is 5.73. The number of nitrogens with two attached hydrogens (primary N) is 1. The van der Waals surface area contributed by atoms with Crippen molar-refractivity contribution >= 4 is 17.3 Å². The Hall–Kier alpha value is -0.730. The summed E-state index contributed by atoms with van der Waals surface area (Å²) in [6, 6.07) is 7.65. The van der Waals surface area contributed by atoms with Crippen LogP contribution in [0.15, 0.2) is 24.3 Å². The molecule has 0 aromatic heterocycles. The molecule has 0 atom stereocenters. The maximum Gasteiger partial charge on any atom is 0.0407 e. The first-order valence-electron chi connectivity index (χ1n) is 4.02. The van der Waals surface area contributed by atoms with Crippen LogP contribution in [0.4, 0.5) is 5.69 Å². The highest BCUT2D eigenvalue weighted by Gasteiger charge is 1.90. The van der Waals surface area contributed by atoms with E-state index in [-0.39, 0.29) is 0 Å². The molecule has 0 saturated carbocycles. The van der Waals surface area contributed by atoms with Crippen LogP contribution in [0.1, 0.15) is 6.42 Å². The highest BCUT2D eigenvalue weighted by molar-refractivity contribution is 6.30. The topological polar surface area (TPSA) is 38.0 Å². The van der Waals surface area contributed by atoms with Crippen LogP contribution in [0, 0.1) is 0 Å². The van der Waals surface area contributed by atoms with Crippen molar-refractivity contribution in [1.82, 2.24) is 0 Å². The number of rotatable bonds is 4. The first-order valence-corrected chi connectivity index (χ1v) is 4.40. The Labute approximate surface area is 77.7 Å².